The van der Waals surface area contributed by atoms with E-state index in [1.807, 2.05) is 75.4 Å². The number of amides is 1. The van der Waals surface area contributed by atoms with Gasteiger partial charge in [-0.1, -0.05) is 30.3 Å². The molecule has 0 fully saturated rings. The molecule has 1 N–H and O–H groups in total. The van der Waals surface area contributed by atoms with Gasteiger partial charge in [0, 0.05) is 12.2 Å². The van der Waals surface area contributed by atoms with Gasteiger partial charge < -0.3 is 10.1 Å². The van der Waals surface area contributed by atoms with E-state index in [1.165, 1.54) is 0 Å². The van der Waals surface area contributed by atoms with Crippen LogP contribution in [0.4, 0.5) is 0 Å². The molecule has 140 valence electrons. The Hall–Kier alpha value is -3.08. The number of hydrogen-bond donors (Lipinski definition) is 1. The van der Waals surface area contributed by atoms with E-state index in [2.05, 4.69) is 10.4 Å². The highest BCUT2D eigenvalue weighted by Crippen LogP contribution is 2.14. The van der Waals surface area contributed by atoms with Crippen LogP contribution in [0.25, 0.3) is 5.69 Å². The standard InChI is InChI=1S/C22H25N3O2/c1-16(2)27-20-11-9-18(10-12-20)13-14-23-22(26)21-15-17(3)25(24-21)19-7-5-4-6-8-19/h4-12,15-16H,13-14H2,1-3H3,(H,23,26). The van der Waals surface area contributed by atoms with Crippen LogP contribution in [-0.4, -0.2) is 28.3 Å². The first-order valence-corrected chi connectivity index (χ1v) is 9.19. The van der Waals surface area contributed by atoms with Gasteiger partial charge in [0.15, 0.2) is 5.69 Å². The molecule has 3 rings (SSSR count). The van der Waals surface area contributed by atoms with E-state index >= 15 is 0 Å². The summed E-state index contributed by atoms with van der Waals surface area (Å²) in [7, 11) is 0. The van der Waals surface area contributed by atoms with E-state index in [-0.39, 0.29) is 12.0 Å². The van der Waals surface area contributed by atoms with Gasteiger partial charge >= 0.3 is 0 Å². The van der Waals surface area contributed by atoms with Crippen molar-refractivity contribution in [3.8, 4) is 11.4 Å². The number of ether oxygens (including phenoxy) is 1. The van der Waals surface area contributed by atoms with Gasteiger partial charge in [0.05, 0.1) is 11.8 Å². The van der Waals surface area contributed by atoms with E-state index in [0.29, 0.717) is 12.2 Å². The summed E-state index contributed by atoms with van der Waals surface area (Å²) >= 11 is 0. The van der Waals surface area contributed by atoms with Crippen molar-refractivity contribution in [1.82, 2.24) is 15.1 Å². The van der Waals surface area contributed by atoms with Crippen molar-refractivity contribution in [3.63, 3.8) is 0 Å². The van der Waals surface area contributed by atoms with Gasteiger partial charge in [0.1, 0.15) is 5.75 Å². The molecule has 3 aromatic rings. The first-order chi connectivity index (χ1) is 13.0. The second-order valence-electron chi connectivity index (χ2n) is 6.73. The maximum atomic E-state index is 12.4. The van der Waals surface area contributed by atoms with Crippen LogP contribution in [0.2, 0.25) is 0 Å². The van der Waals surface area contributed by atoms with E-state index < -0.39 is 0 Å². The molecule has 0 unspecified atom stereocenters. The minimum absolute atomic E-state index is 0.160. The fraction of sp³-hybridized carbons (Fsp3) is 0.273. The zero-order valence-electron chi connectivity index (χ0n) is 16.0. The number of carbonyl (C=O) groups excluding carboxylic acids is 1. The van der Waals surface area contributed by atoms with Gasteiger partial charge in [-0.3, -0.25) is 4.79 Å². The second kappa shape index (κ2) is 8.54. The summed E-state index contributed by atoms with van der Waals surface area (Å²) in [4.78, 5) is 12.4. The quantitative estimate of drug-likeness (QED) is 0.692. The average Bonchev–Trinajstić information content (AvgIpc) is 3.05. The fourth-order valence-electron chi connectivity index (χ4n) is 2.83. The topological polar surface area (TPSA) is 56.1 Å². The molecule has 0 saturated carbocycles. The summed E-state index contributed by atoms with van der Waals surface area (Å²) in [5, 5.41) is 7.37. The number of aryl methyl sites for hydroxylation is 1. The summed E-state index contributed by atoms with van der Waals surface area (Å²) < 4.78 is 7.42. The van der Waals surface area contributed by atoms with Crippen molar-refractivity contribution in [1.29, 1.82) is 0 Å². The third-order valence-electron chi connectivity index (χ3n) is 4.12. The molecule has 2 aromatic carbocycles. The van der Waals surface area contributed by atoms with Crippen LogP contribution in [0, 0.1) is 6.92 Å². The van der Waals surface area contributed by atoms with E-state index in [4.69, 9.17) is 4.74 Å². The number of hydrogen-bond acceptors (Lipinski definition) is 3. The number of nitrogens with one attached hydrogen (secondary N) is 1. The van der Waals surface area contributed by atoms with Gasteiger partial charge in [0.2, 0.25) is 0 Å². The zero-order chi connectivity index (χ0) is 19.2. The predicted octanol–water partition coefficient (Wildman–Crippen LogP) is 3.94. The maximum Gasteiger partial charge on any atom is 0.271 e. The minimum Gasteiger partial charge on any atom is -0.491 e. The number of rotatable bonds is 7. The highest BCUT2D eigenvalue weighted by atomic mass is 16.5. The van der Waals surface area contributed by atoms with Crippen LogP contribution in [0.1, 0.15) is 35.6 Å². The van der Waals surface area contributed by atoms with Crippen LogP contribution in [0.15, 0.2) is 60.7 Å². The lowest BCUT2D eigenvalue weighted by Gasteiger charge is -2.10. The lowest BCUT2D eigenvalue weighted by atomic mass is 10.1. The SMILES string of the molecule is Cc1cc(C(=O)NCCc2ccc(OC(C)C)cc2)nn1-c1ccccc1. The first kappa shape index (κ1) is 18.7. The van der Waals surface area contributed by atoms with Gasteiger partial charge in [-0.25, -0.2) is 4.68 Å². The number of carbonyl (C=O) groups is 1. The Balaban J connectivity index is 1.55. The normalized spacial score (nSPS) is 10.8. The zero-order valence-corrected chi connectivity index (χ0v) is 16.0. The molecule has 0 aliphatic carbocycles. The molecule has 5 heteroatoms. The molecule has 0 aliphatic rings. The Morgan fingerprint density at radius 1 is 1.11 bits per heavy atom. The van der Waals surface area contributed by atoms with Gasteiger partial charge in [0.25, 0.3) is 5.91 Å². The Morgan fingerprint density at radius 3 is 2.48 bits per heavy atom. The third-order valence-corrected chi connectivity index (χ3v) is 4.12. The smallest absolute Gasteiger partial charge is 0.271 e. The number of para-hydroxylation sites is 1. The van der Waals surface area contributed by atoms with Gasteiger partial charge in [-0.2, -0.15) is 5.10 Å². The summed E-state index contributed by atoms with van der Waals surface area (Å²) in [5.74, 6) is 0.701. The monoisotopic (exact) mass is 363 g/mol. The van der Waals surface area contributed by atoms with Crippen LogP contribution in [0.3, 0.4) is 0 Å². The molecule has 1 amide bonds. The van der Waals surface area contributed by atoms with Crippen molar-refractivity contribution in [2.75, 3.05) is 6.54 Å². The van der Waals surface area contributed by atoms with Crippen LogP contribution in [-0.2, 0) is 6.42 Å². The van der Waals surface area contributed by atoms with Crippen LogP contribution >= 0.6 is 0 Å². The van der Waals surface area contributed by atoms with Crippen molar-refractivity contribution in [2.45, 2.75) is 33.3 Å². The Bertz CT molecular complexity index is 884. The molecule has 0 saturated heterocycles. The summed E-state index contributed by atoms with van der Waals surface area (Å²) in [6, 6.07) is 19.6. The van der Waals surface area contributed by atoms with Crippen LogP contribution < -0.4 is 10.1 Å². The first-order valence-electron chi connectivity index (χ1n) is 9.19. The largest absolute Gasteiger partial charge is 0.491 e. The molecule has 0 atom stereocenters. The van der Waals surface area contributed by atoms with E-state index in [1.54, 1.807) is 10.7 Å². The maximum absolute atomic E-state index is 12.4. The number of aromatic nitrogens is 2. The highest BCUT2D eigenvalue weighted by molar-refractivity contribution is 5.92. The van der Waals surface area contributed by atoms with Crippen molar-refractivity contribution in [3.05, 3.63) is 77.6 Å². The molecule has 27 heavy (non-hydrogen) atoms. The average molecular weight is 363 g/mol. The minimum atomic E-state index is -0.160. The van der Waals surface area contributed by atoms with Gasteiger partial charge in [-0.15, -0.1) is 0 Å². The Morgan fingerprint density at radius 2 is 1.81 bits per heavy atom. The molecule has 0 bridgehead atoms. The van der Waals surface area contributed by atoms with Crippen molar-refractivity contribution >= 4 is 5.91 Å². The molecular weight excluding hydrogens is 338 g/mol. The molecule has 1 heterocycles. The third kappa shape index (κ3) is 4.97. The van der Waals surface area contributed by atoms with Crippen molar-refractivity contribution in [2.24, 2.45) is 0 Å². The molecule has 0 spiro atoms. The molecule has 1 aromatic heterocycles. The molecular formula is C22H25N3O2. The molecule has 0 radical (unpaired) electrons. The highest BCUT2D eigenvalue weighted by Gasteiger charge is 2.12. The Labute approximate surface area is 160 Å². The lowest BCUT2D eigenvalue weighted by molar-refractivity contribution is 0.0948. The fourth-order valence-corrected chi connectivity index (χ4v) is 2.83. The Kier molecular flexibility index (Phi) is 5.91. The number of benzene rings is 2. The van der Waals surface area contributed by atoms with Crippen LogP contribution in [0.5, 0.6) is 5.75 Å². The summed E-state index contributed by atoms with van der Waals surface area (Å²) in [5.41, 5.74) is 3.44. The summed E-state index contributed by atoms with van der Waals surface area (Å²) in [6.07, 6.45) is 0.917. The summed E-state index contributed by atoms with van der Waals surface area (Å²) in [6.45, 7) is 6.51. The second-order valence-corrected chi connectivity index (χ2v) is 6.73. The van der Waals surface area contributed by atoms with E-state index in [0.717, 1.165) is 29.1 Å². The van der Waals surface area contributed by atoms with E-state index in [9.17, 15) is 4.79 Å². The number of nitrogens with zero attached hydrogens (tertiary/aromatic N) is 2. The van der Waals surface area contributed by atoms with Crippen molar-refractivity contribution < 1.29 is 9.53 Å². The molecule has 0 aliphatic heterocycles. The molecule has 5 nitrogen and oxygen atoms in total. The van der Waals surface area contributed by atoms with Gasteiger partial charge in [-0.05, 0) is 63.1 Å². The predicted molar refractivity (Wildman–Crippen MR) is 107 cm³/mol. The lowest BCUT2D eigenvalue weighted by Crippen LogP contribution is -2.26.